The molecular formula is C16H29NO2. The van der Waals surface area contributed by atoms with Gasteiger partial charge in [-0.2, -0.15) is 0 Å². The predicted octanol–water partition coefficient (Wildman–Crippen LogP) is 3.53. The topological polar surface area (TPSA) is 40.5 Å². The van der Waals surface area contributed by atoms with Gasteiger partial charge in [0.25, 0.3) is 0 Å². The Labute approximate surface area is 117 Å². The summed E-state index contributed by atoms with van der Waals surface area (Å²) in [6.07, 6.45) is 9.48. The van der Waals surface area contributed by atoms with Crippen molar-refractivity contribution in [1.29, 1.82) is 0 Å². The van der Waals surface area contributed by atoms with Crippen LogP contribution in [0.4, 0.5) is 0 Å². The van der Waals surface area contributed by atoms with Crippen molar-refractivity contribution in [3.05, 3.63) is 0 Å². The Bertz CT molecular complexity index is 305. The van der Waals surface area contributed by atoms with Crippen LogP contribution in [0.5, 0.6) is 0 Å². The van der Waals surface area contributed by atoms with E-state index < -0.39 is 5.97 Å². The highest BCUT2D eigenvalue weighted by Gasteiger charge is 2.39. The standard InChI is InChI=1S/C16H29NO2/c1-3-12-9-10-17(15(11-12)16(18)19)14-8-6-5-7-13(14)4-2/h12-15H,3-11H2,1-2H3,(H,18,19). The third kappa shape index (κ3) is 3.31. The van der Waals surface area contributed by atoms with Crippen molar-refractivity contribution in [3.63, 3.8) is 0 Å². The van der Waals surface area contributed by atoms with E-state index in [4.69, 9.17) is 0 Å². The molecule has 2 aliphatic rings. The van der Waals surface area contributed by atoms with Crippen molar-refractivity contribution in [2.24, 2.45) is 11.8 Å². The fourth-order valence-corrected chi connectivity index (χ4v) is 4.17. The van der Waals surface area contributed by atoms with Crippen LogP contribution in [0.15, 0.2) is 0 Å². The van der Waals surface area contributed by atoms with Crippen molar-refractivity contribution in [3.8, 4) is 0 Å². The summed E-state index contributed by atoms with van der Waals surface area (Å²) in [6, 6.07) is 0.300. The number of nitrogens with zero attached hydrogens (tertiary/aromatic N) is 1. The summed E-state index contributed by atoms with van der Waals surface area (Å²) in [6.45, 7) is 5.45. The number of hydrogen-bond donors (Lipinski definition) is 1. The van der Waals surface area contributed by atoms with Gasteiger partial charge in [-0.15, -0.1) is 0 Å². The zero-order valence-electron chi connectivity index (χ0n) is 12.5. The molecular weight excluding hydrogens is 238 g/mol. The van der Waals surface area contributed by atoms with Gasteiger partial charge in [0.2, 0.25) is 0 Å². The summed E-state index contributed by atoms with van der Waals surface area (Å²) in [5.41, 5.74) is 0. The van der Waals surface area contributed by atoms with Crippen LogP contribution in [-0.2, 0) is 4.79 Å². The van der Waals surface area contributed by atoms with E-state index in [-0.39, 0.29) is 6.04 Å². The van der Waals surface area contributed by atoms with Crippen LogP contribution >= 0.6 is 0 Å². The second-order valence-corrected chi connectivity index (χ2v) is 6.41. The molecule has 4 unspecified atom stereocenters. The molecule has 110 valence electrons. The second kappa shape index (κ2) is 6.74. The lowest BCUT2D eigenvalue weighted by atomic mass is 9.79. The Morgan fingerprint density at radius 3 is 2.53 bits per heavy atom. The first-order chi connectivity index (χ1) is 9.17. The van der Waals surface area contributed by atoms with Crippen molar-refractivity contribution in [1.82, 2.24) is 4.90 Å². The molecule has 1 N–H and O–H groups in total. The molecule has 1 heterocycles. The van der Waals surface area contributed by atoms with Crippen LogP contribution in [0, 0.1) is 11.8 Å². The predicted molar refractivity (Wildman–Crippen MR) is 77.2 cm³/mol. The van der Waals surface area contributed by atoms with Crippen LogP contribution < -0.4 is 0 Å². The fourth-order valence-electron chi connectivity index (χ4n) is 4.17. The van der Waals surface area contributed by atoms with Gasteiger partial charge in [-0.05, 0) is 44.1 Å². The SMILES string of the molecule is CCC1CCN(C2CCCCC2CC)C(C(=O)O)C1. The van der Waals surface area contributed by atoms with Gasteiger partial charge < -0.3 is 5.11 Å². The van der Waals surface area contributed by atoms with Gasteiger partial charge in [-0.1, -0.05) is 39.5 Å². The molecule has 2 rings (SSSR count). The molecule has 3 heteroatoms. The molecule has 1 aliphatic carbocycles. The first kappa shape index (κ1) is 14.8. The molecule has 0 radical (unpaired) electrons. The van der Waals surface area contributed by atoms with Crippen molar-refractivity contribution in [2.45, 2.75) is 77.3 Å². The molecule has 19 heavy (non-hydrogen) atoms. The number of rotatable bonds is 4. The van der Waals surface area contributed by atoms with E-state index in [2.05, 4.69) is 18.7 Å². The van der Waals surface area contributed by atoms with Gasteiger partial charge in [0, 0.05) is 6.04 Å². The third-order valence-corrected chi connectivity index (χ3v) is 5.43. The minimum absolute atomic E-state index is 0.226. The third-order valence-electron chi connectivity index (χ3n) is 5.43. The first-order valence-electron chi connectivity index (χ1n) is 8.15. The average Bonchev–Trinajstić information content (AvgIpc) is 2.46. The number of piperidine rings is 1. The van der Waals surface area contributed by atoms with Crippen LogP contribution in [-0.4, -0.2) is 34.6 Å². The lowest BCUT2D eigenvalue weighted by molar-refractivity contribution is -0.148. The zero-order chi connectivity index (χ0) is 13.8. The summed E-state index contributed by atoms with van der Waals surface area (Å²) in [7, 11) is 0. The molecule has 0 amide bonds. The van der Waals surface area contributed by atoms with Crippen molar-refractivity contribution in [2.75, 3.05) is 6.54 Å². The summed E-state index contributed by atoms with van der Waals surface area (Å²) in [5, 5.41) is 9.57. The molecule has 0 aromatic rings. The smallest absolute Gasteiger partial charge is 0.320 e. The number of hydrogen-bond acceptors (Lipinski definition) is 2. The number of carboxylic acid groups (broad SMARTS) is 1. The maximum absolute atomic E-state index is 11.6. The quantitative estimate of drug-likeness (QED) is 0.847. The Morgan fingerprint density at radius 2 is 1.89 bits per heavy atom. The van der Waals surface area contributed by atoms with Gasteiger partial charge in [-0.3, -0.25) is 9.69 Å². The number of likely N-dealkylation sites (tertiary alicyclic amines) is 1. The van der Waals surface area contributed by atoms with Crippen LogP contribution in [0.1, 0.15) is 65.2 Å². The molecule has 3 nitrogen and oxygen atoms in total. The number of aliphatic carboxylic acids is 1. The molecule has 1 saturated carbocycles. The summed E-state index contributed by atoms with van der Waals surface area (Å²) in [5.74, 6) is 0.730. The number of carboxylic acids is 1. The second-order valence-electron chi connectivity index (χ2n) is 6.41. The van der Waals surface area contributed by atoms with Gasteiger partial charge in [0.15, 0.2) is 0 Å². The van der Waals surface area contributed by atoms with Gasteiger partial charge in [0.05, 0.1) is 0 Å². The zero-order valence-corrected chi connectivity index (χ0v) is 12.5. The Morgan fingerprint density at radius 1 is 1.16 bits per heavy atom. The molecule has 4 atom stereocenters. The monoisotopic (exact) mass is 267 g/mol. The molecule has 1 aliphatic heterocycles. The highest BCUT2D eigenvalue weighted by molar-refractivity contribution is 5.73. The Kier molecular flexibility index (Phi) is 5.26. The first-order valence-corrected chi connectivity index (χ1v) is 8.15. The van der Waals surface area contributed by atoms with Gasteiger partial charge in [0.1, 0.15) is 6.04 Å². The highest BCUT2D eigenvalue weighted by atomic mass is 16.4. The molecule has 0 bridgehead atoms. The van der Waals surface area contributed by atoms with Gasteiger partial charge >= 0.3 is 5.97 Å². The minimum atomic E-state index is -0.599. The Balaban J connectivity index is 2.09. The summed E-state index contributed by atoms with van der Waals surface area (Å²) in [4.78, 5) is 14.0. The minimum Gasteiger partial charge on any atom is -0.480 e. The van der Waals surface area contributed by atoms with Gasteiger partial charge in [-0.25, -0.2) is 0 Å². The maximum atomic E-state index is 11.6. The lowest BCUT2D eigenvalue weighted by Gasteiger charge is -2.46. The van der Waals surface area contributed by atoms with Crippen LogP contribution in [0.2, 0.25) is 0 Å². The van der Waals surface area contributed by atoms with Crippen molar-refractivity contribution < 1.29 is 9.90 Å². The van der Waals surface area contributed by atoms with E-state index >= 15 is 0 Å². The van der Waals surface area contributed by atoms with Crippen LogP contribution in [0.3, 0.4) is 0 Å². The summed E-state index contributed by atoms with van der Waals surface area (Å²) < 4.78 is 0. The average molecular weight is 267 g/mol. The summed E-state index contributed by atoms with van der Waals surface area (Å²) >= 11 is 0. The van der Waals surface area contributed by atoms with E-state index in [1.165, 1.54) is 38.5 Å². The van der Waals surface area contributed by atoms with E-state index in [9.17, 15) is 9.90 Å². The molecule has 2 fully saturated rings. The Hall–Kier alpha value is -0.570. The molecule has 0 aromatic carbocycles. The largest absolute Gasteiger partial charge is 0.480 e. The van der Waals surface area contributed by atoms with Crippen molar-refractivity contribution >= 4 is 5.97 Å². The lowest BCUT2D eigenvalue weighted by Crippen LogP contribution is -2.54. The fraction of sp³-hybridized carbons (Fsp3) is 0.938. The normalized spacial score (nSPS) is 37.2. The van der Waals surface area contributed by atoms with E-state index in [1.807, 2.05) is 0 Å². The number of carbonyl (C=O) groups is 1. The highest BCUT2D eigenvalue weighted by Crippen LogP contribution is 2.36. The van der Waals surface area contributed by atoms with E-state index in [1.54, 1.807) is 0 Å². The molecule has 1 saturated heterocycles. The molecule has 0 aromatic heterocycles. The van der Waals surface area contributed by atoms with Crippen LogP contribution in [0.25, 0.3) is 0 Å². The van der Waals surface area contributed by atoms with E-state index in [0.717, 1.165) is 19.4 Å². The maximum Gasteiger partial charge on any atom is 0.320 e. The van der Waals surface area contributed by atoms with E-state index in [0.29, 0.717) is 17.9 Å². The molecule has 0 spiro atoms.